The second-order valence-electron chi connectivity index (χ2n) is 8.36. The number of fused-ring (bicyclic) bond motifs is 1. The number of aliphatic hydroxyl groups is 4. The molecule has 0 amide bonds. The van der Waals surface area contributed by atoms with Crippen LogP contribution in [0.15, 0.2) is 36.4 Å². The second kappa shape index (κ2) is 7.83. The molecule has 3 aliphatic rings. The van der Waals surface area contributed by atoms with Crippen LogP contribution in [-0.2, 0) is 4.74 Å². The van der Waals surface area contributed by atoms with E-state index in [1.54, 1.807) is 0 Å². The average molecular weight is 413 g/mol. The van der Waals surface area contributed by atoms with Gasteiger partial charge in [0.1, 0.15) is 42.9 Å². The summed E-state index contributed by atoms with van der Waals surface area (Å²) in [5, 5.41) is 43.7. The minimum absolute atomic E-state index is 0.440. The maximum Gasteiger partial charge on any atom is 0.142 e. The van der Waals surface area contributed by atoms with Gasteiger partial charge in [-0.1, -0.05) is 18.2 Å². The van der Waals surface area contributed by atoms with Crippen molar-refractivity contribution in [2.45, 2.75) is 49.3 Å². The number of benzene rings is 2. The van der Waals surface area contributed by atoms with Gasteiger partial charge in [-0.3, -0.25) is 0 Å². The molecule has 2 aromatic rings. The average Bonchev–Trinajstić information content (AvgIpc) is 3.62. The standard InChI is InChI=1S/C23H27NO6/c25-11-19-20(26)21(27)22(28)23(30-19)14-3-5-15(12-1-2-12)16(9-14)13-4-6-18-17(10-13)24-7-8-29-18/h3-6,9-10,12,19-28H,1-2,7-8,11H2/t19-,20-,21+,22-,23+/m1/s1. The first-order valence-corrected chi connectivity index (χ1v) is 10.5. The van der Waals surface area contributed by atoms with E-state index in [1.807, 2.05) is 24.3 Å². The fourth-order valence-corrected chi connectivity index (χ4v) is 4.44. The molecule has 30 heavy (non-hydrogen) atoms. The van der Waals surface area contributed by atoms with Crippen LogP contribution in [0, 0.1) is 0 Å². The van der Waals surface area contributed by atoms with Gasteiger partial charge in [0.2, 0.25) is 0 Å². The van der Waals surface area contributed by atoms with Gasteiger partial charge < -0.3 is 35.2 Å². The van der Waals surface area contributed by atoms with Crippen LogP contribution in [-0.4, -0.2) is 64.6 Å². The predicted molar refractivity (Wildman–Crippen MR) is 111 cm³/mol. The first-order chi connectivity index (χ1) is 14.6. The van der Waals surface area contributed by atoms with Crippen LogP contribution in [0.3, 0.4) is 0 Å². The van der Waals surface area contributed by atoms with Gasteiger partial charge in [-0.25, -0.2) is 0 Å². The third-order valence-corrected chi connectivity index (χ3v) is 6.28. The van der Waals surface area contributed by atoms with Crippen LogP contribution in [0.1, 0.15) is 36.0 Å². The van der Waals surface area contributed by atoms with Crippen LogP contribution in [0.4, 0.5) is 5.69 Å². The summed E-state index contributed by atoms with van der Waals surface area (Å²) >= 11 is 0. The Hall–Kier alpha value is -2.16. The normalized spacial score (nSPS) is 30.9. The van der Waals surface area contributed by atoms with Gasteiger partial charge >= 0.3 is 0 Å². The Labute approximate surface area is 174 Å². The molecular formula is C23H27NO6. The minimum Gasteiger partial charge on any atom is -0.490 e. The molecule has 2 fully saturated rings. The van der Waals surface area contributed by atoms with E-state index in [9.17, 15) is 20.4 Å². The molecule has 1 saturated heterocycles. The second-order valence-corrected chi connectivity index (χ2v) is 8.36. The molecule has 0 aromatic heterocycles. The molecule has 0 unspecified atom stereocenters. The molecule has 0 radical (unpaired) electrons. The van der Waals surface area contributed by atoms with Gasteiger partial charge in [-0.2, -0.15) is 0 Å². The molecule has 1 aliphatic carbocycles. The van der Waals surface area contributed by atoms with Gasteiger partial charge in [0.25, 0.3) is 0 Å². The van der Waals surface area contributed by atoms with E-state index in [1.165, 1.54) is 5.56 Å². The molecule has 1 saturated carbocycles. The molecule has 0 bridgehead atoms. The third-order valence-electron chi connectivity index (χ3n) is 6.28. The zero-order valence-electron chi connectivity index (χ0n) is 16.6. The van der Waals surface area contributed by atoms with Crippen LogP contribution < -0.4 is 10.1 Å². The lowest BCUT2D eigenvalue weighted by molar-refractivity contribution is -0.231. The summed E-state index contributed by atoms with van der Waals surface area (Å²) in [5.74, 6) is 1.35. The first-order valence-electron chi connectivity index (χ1n) is 10.5. The van der Waals surface area contributed by atoms with Crippen molar-refractivity contribution < 1.29 is 29.9 Å². The molecule has 0 spiro atoms. The quantitative estimate of drug-likeness (QED) is 0.517. The van der Waals surface area contributed by atoms with E-state index in [-0.39, 0.29) is 0 Å². The minimum atomic E-state index is -1.39. The van der Waals surface area contributed by atoms with E-state index >= 15 is 0 Å². The molecule has 7 nitrogen and oxygen atoms in total. The predicted octanol–water partition coefficient (Wildman–Crippen LogP) is 1.55. The Kier molecular flexibility index (Phi) is 5.16. The van der Waals surface area contributed by atoms with Gasteiger partial charge in [0.05, 0.1) is 12.3 Å². The van der Waals surface area contributed by atoms with E-state index in [2.05, 4.69) is 17.4 Å². The van der Waals surface area contributed by atoms with E-state index in [4.69, 9.17) is 9.47 Å². The fraction of sp³-hybridized carbons (Fsp3) is 0.478. The molecule has 2 heterocycles. The number of ether oxygens (including phenoxy) is 2. The van der Waals surface area contributed by atoms with Crippen molar-refractivity contribution in [1.82, 2.24) is 0 Å². The Morgan fingerprint density at radius 1 is 0.967 bits per heavy atom. The molecule has 2 aromatic carbocycles. The highest BCUT2D eigenvalue weighted by atomic mass is 16.5. The van der Waals surface area contributed by atoms with Gasteiger partial charge in [0.15, 0.2) is 0 Å². The van der Waals surface area contributed by atoms with E-state index < -0.39 is 37.1 Å². The summed E-state index contributed by atoms with van der Waals surface area (Å²) in [4.78, 5) is 0. The zero-order chi connectivity index (χ0) is 20.8. The highest BCUT2D eigenvalue weighted by Gasteiger charge is 2.44. The smallest absolute Gasteiger partial charge is 0.142 e. The van der Waals surface area contributed by atoms with Crippen molar-refractivity contribution in [2.75, 3.05) is 25.1 Å². The topological polar surface area (TPSA) is 111 Å². The third kappa shape index (κ3) is 3.46. The number of hydrogen-bond acceptors (Lipinski definition) is 7. The van der Waals surface area contributed by atoms with E-state index in [0.29, 0.717) is 18.1 Å². The van der Waals surface area contributed by atoms with Crippen molar-refractivity contribution in [3.63, 3.8) is 0 Å². The highest BCUT2D eigenvalue weighted by Crippen LogP contribution is 2.46. The zero-order valence-corrected chi connectivity index (χ0v) is 16.6. The monoisotopic (exact) mass is 413 g/mol. The van der Waals surface area contributed by atoms with Crippen molar-refractivity contribution in [1.29, 1.82) is 0 Å². The molecule has 7 heteroatoms. The molecular weight excluding hydrogens is 386 g/mol. The number of nitrogens with one attached hydrogen (secondary N) is 1. The molecule has 5 atom stereocenters. The Morgan fingerprint density at radius 2 is 1.80 bits per heavy atom. The fourth-order valence-electron chi connectivity index (χ4n) is 4.44. The first kappa shape index (κ1) is 19.8. The lowest BCUT2D eigenvalue weighted by Crippen LogP contribution is -2.55. The Bertz CT molecular complexity index is 928. The van der Waals surface area contributed by atoms with Crippen molar-refractivity contribution >= 4 is 5.69 Å². The molecule has 160 valence electrons. The maximum absolute atomic E-state index is 10.5. The number of anilines is 1. The van der Waals surface area contributed by atoms with Crippen molar-refractivity contribution in [3.05, 3.63) is 47.5 Å². The summed E-state index contributed by atoms with van der Waals surface area (Å²) in [5.41, 5.74) is 5.01. The van der Waals surface area contributed by atoms with E-state index in [0.717, 1.165) is 42.0 Å². The van der Waals surface area contributed by atoms with Crippen LogP contribution >= 0.6 is 0 Å². The summed E-state index contributed by atoms with van der Waals surface area (Å²) in [6, 6.07) is 12.0. The largest absolute Gasteiger partial charge is 0.490 e. The van der Waals surface area contributed by atoms with Crippen molar-refractivity contribution in [3.8, 4) is 16.9 Å². The highest BCUT2D eigenvalue weighted by molar-refractivity contribution is 5.76. The Morgan fingerprint density at radius 3 is 2.57 bits per heavy atom. The van der Waals surface area contributed by atoms with Crippen LogP contribution in [0.2, 0.25) is 0 Å². The number of rotatable bonds is 4. The molecule has 5 rings (SSSR count). The lowest BCUT2D eigenvalue weighted by Gasteiger charge is -2.40. The Balaban J connectivity index is 1.54. The summed E-state index contributed by atoms with van der Waals surface area (Å²) < 4.78 is 11.5. The lowest BCUT2D eigenvalue weighted by atomic mass is 9.87. The summed E-state index contributed by atoms with van der Waals surface area (Å²) in [6.07, 6.45) is -3.51. The number of hydrogen-bond donors (Lipinski definition) is 5. The molecule has 2 aliphatic heterocycles. The van der Waals surface area contributed by atoms with Gasteiger partial charge in [0, 0.05) is 6.54 Å². The number of aliphatic hydroxyl groups excluding tert-OH is 4. The van der Waals surface area contributed by atoms with Gasteiger partial charge in [-0.15, -0.1) is 0 Å². The van der Waals surface area contributed by atoms with Crippen LogP contribution in [0.5, 0.6) is 5.75 Å². The van der Waals surface area contributed by atoms with Crippen LogP contribution in [0.25, 0.3) is 11.1 Å². The summed E-state index contributed by atoms with van der Waals surface area (Å²) in [6.45, 7) is 0.966. The van der Waals surface area contributed by atoms with Crippen molar-refractivity contribution in [2.24, 2.45) is 0 Å². The van der Waals surface area contributed by atoms with Gasteiger partial charge in [-0.05, 0) is 59.2 Å². The SMILES string of the molecule is OC[C@H]1O[C@@H](c2ccc(C3CC3)c(-c3ccc4c(c3)NCCO4)c2)[C@H](O)[C@@H](O)[C@@H]1O. The molecule has 5 N–H and O–H groups in total. The maximum atomic E-state index is 10.5. The summed E-state index contributed by atoms with van der Waals surface area (Å²) in [7, 11) is 0.